The van der Waals surface area contributed by atoms with Crippen LogP contribution in [0.4, 0.5) is 19.0 Å². The Balaban J connectivity index is 1.44. The Hall–Kier alpha value is -2.92. The Morgan fingerprint density at radius 2 is 2.00 bits per heavy atom. The third-order valence-corrected chi connectivity index (χ3v) is 4.67. The van der Waals surface area contributed by atoms with Gasteiger partial charge in [0.1, 0.15) is 0 Å². The number of nitrogens with zero attached hydrogens (tertiary/aromatic N) is 5. The summed E-state index contributed by atoms with van der Waals surface area (Å²) in [7, 11) is 0. The van der Waals surface area contributed by atoms with Gasteiger partial charge in [-0.05, 0) is 37.2 Å². The monoisotopic (exact) mass is 414 g/mol. The summed E-state index contributed by atoms with van der Waals surface area (Å²) in [5.41, 5.74) is 0.294. The lowest BCUT2D eigenvalue weighted by atomic mass is 10.2. The zero-order valence-electron chi connectivity index (χ0n) is 15.8. The summed E-state index contributed by atoms with van der Waals surface area (Å²) in [4.78, 5) is 22.0. The van der Waals surface area contributed by atoms with Gasteiger partial charge in [-0.3, -0.25) is 9.48 Å². The summed E-state index contributed by atoms with van der Waals surface area (Å²) in [6, 6.07) is 2.44. The highest BCUT2D eigenvalue weighted by atomic mass is 19.4. The van der Waals surface area contributed by atoms with Gasteiger partial charge in [-0.25, -0.2) is 0 Å². The molecule has 0 aliphatic heterocycles. The second-order valence-electron chi connectivity index (χ2n) is 7.03. The average molecular weight is 414 g/mol. The Labute approximate surface area is 164 Å². The zero-order valence-corrected chi connectivity index (χ0v) is 15.8. The van der Waals surface area contributed by atoms with Crippen molar-refractivity contribution in [3.05, 3.63) is 39.3 Å². The van der Waals surface area contributed by atoms with E-state index in [4.69, 9.17) is 0 Å². The molecule has 158 valence electrons. The third-order valence-electron chi connectivity index (χ3n) is 4.67. The van der Waals surface area contributed by atoms with Gasteiger partial charge in [0.25, 0.3) is 0 Å². The molecule has 2 heterocycles. The average Bonchev–Trinajstić information content (AvgIpc) is 3.27. The first kappa shape index (κ1) is 20.8. The van der Waals surface area contributed by atoms with Crippen LogP contribution in [0.1, 0.15) is 48.7 Å². The molecule has 0 spiro atoms. The molecule has 3 rings (SSSR count). The number of rotatable bonds is 9. The first-order chi connectivity index (χ1) is 13.6. The summed E-state index contributed by atoms with van der Waals surface area (Å²) < 4.78 is 41.4. The van der Waals surface area contributed by atoms with E-state index in [1.807, 2.05) is 0 Å². The number of hydrogen-bond donors (Lipinski definition) is 1. The van der Waals surface area contributed by atoms with Crippen LogP contribution in [-0.4, -0.2) is 36.9 Å². The van der Waals surface area contributed by atoms with Crippen molar-refractivity contribution in [3.8, 4) is 0 Å². The van der Waals surface area contributed by atoms with Crippen LogP contribution < -0.4 is 5.32 Å². The molecule has 0 unspecified atom stereocenters. The molecule has 2 aromatic rings. The van der Waals surface area contributed by atoms with E-state index in [0.29, 0.717) is 24.4 Å². The van der Waals surface area contributed by atoms with Gasteiger partial charge < -0.3 is 15.4 Å². The number of hydrogen-bond acceptors (Lipinski definition) is 5. The third kappa shape index (κ3) is 5.33. The summed E-state index contributed by atoms with van der Waals surface area (Å²) in [6.45, 7) is 2.44. The van der Waals surface area contributed by atoms with Crippen LogP contribution in [0, 0.1) is 17.0 Å². The molecule has 0 bridgehead atoms. The maximum atomic E-state index is 12.9. The highest BCUT2D eigenvalue weighted by Crippen LogP contribution is 2.42. The minimum atomic E-state index is -4.47. The molecule has 1 saturated carbocycles. The van der Waals surface area contributed by atoms with Crippen LogP contribution in [-0.2, 0) is 24.1 Å². The van der Waals surface area contributed by atoms with E-state index in [0.717, 1.165) is 18.9 Å². The molecular weight excluding hydrogens is 393 g/mol. The lowest BCUT2D eigenvalue weighted by Gasteiger charge is -2.08. The maximum absolute atomic E-state index is 12.9. The lowest BCUT2D eigenvalue weighted by molar-refractivity contribution is -0.389. The van der Waals surface area contributed by atoms with Crippen molar-refractivity contribution in [1.82, 2.24) is 24.9 Å². The van der Waals surface area contributed by atoms with Gasteiger partial charge >= 0.3 is 12.0 Å². The number of nitrogens with one attached hydrogen (secondary N) is 1. The summed E-state index contributed by atoms with van der Waals surface area (Å²) >= 11 is 0. The van der Waals surface area contributed by atoms with E-state index in [2.05, 4.69) is 15.5 Å². The molecule has 1 aliphatic rings. The number of halogens is 3. The smallest absolute Gasteiger partial charge is 0.358 e. The largest absolute Gasteiger partial charge is 0.435 e. The molecule has 1 fully saturated rings. The lowest BCUT2D eigenvalue weighted by Crippen LogP contribution is -2.26. The Morgan fingerprint density at radius 1 is 1.28 bits per heavy atom. The molecule has 1 N–H and O–H groups in total. The van der Waals surface area contributed by atoms with Crippen LogP contribution in [0.2, 0.25) is 0 Å². The van der Waals surface area contributed by atoms with Gasteiger partial charge in [0.15, 0.2) is 5.69 Å². The minimum Gasteiger partial charge on any atom is -0.358 e. The number of aryl methyl sites for hydroxylation is 3. The van der Waals surface area contributed by atoms with Gasteiger partial charge in [0.05, 0.1) is 23.4 Å². The molecular formula is C17H21F3N6O3. The molecule has 29 heavy (non-hydrogen) atoms. The number of alkyl halides is 3. The fourth-order valence-electron chi connectivity index (χ4n) is 3.02. The van der Waals surface area contributed by atoms with Crippen molar-refractivity contribution in [2.24, 2.45) is 0 Å². The van der Waals surface area contributed by atoms with Crippen LogP contribution in [0.25, 0.3) is 0 Å². The van der Waals surface area contributed by atoms with Crippen LogP contribution in [0.15, 0.2) is 12.1 Å². The second kappa shape index (κ2) is 8.21. The molecule has 0 saturated heterocycles. The Bertz CT molecular complexity index is 901. The normalized spacial score (nSPS) is 14.2. The SMILES string of the molecule is Cc1cc([N+](=O)[O-])nn1CCC(=O)NCCCn1nc(C(F)(F)F)cc1C1CC1. The first-order valence-corrected chi connectivity index (χ1v) is 9.25. The van der Waals surface area contributed by atoms with Gasteiger partial charge in [0, 0.05) is 31.1 Å². The second-order valence-corrected chi connectivity index (χ2v) is 7.03. The van der Waals surface area contributed by atoms with Gasteiger partial charge in [-0.2, -0.15) is 23.0 Å². The number of carbonyl (C=O) groups is 1. The van der Waals surface area contributed by atoms with E-state index in [9.17, 15) is 28.1 Å². The highest BCUT2D eigenvalue weighted by Gasteiger charge is 2.37. The highest BCUT2D eigenvalue weighted by molar-refractivity contribution is 5.75. The standard InChI is InChI=1S/C17H21F3N6O3/c1-11-9-15(26(28)29)23-24(11)8-5-16(27)21-6-2-7-25-13(12-3-4-12)10-14(22-25)17(18,19)20/h9-10,12H,2-8H2,1H3,(H,21,27). The number of nitro groups is 1. The molecule has 2 aromatic heterocycles. The number of amides is 1. The van der Waals surface area contributed by atoms with Gasteiger partial charge in [-0.15, -0.1) is 0 Å². The first-order valence-electron chi connectivity index (χ1n) is 9.25. The maximum Gasteiger partial charge on any atom is 0.435 e. The summed E-state index contributed by atoms with van der Waals surface area (Å²) in [6.07, 6.45) is -2.21. The van der Waals surface area contributed by atoms with Crippen molar-refractivity contribution in [2.75, 3.05) is 6.54 Å². The fourth-order valence-corrected chi connectivity index (χ4v) is 3.02. The molecule has 0 atom stereocenters. The van der Waals surface area contributed by atoms with Crippen molar-refractivity contribution >= 4 is 11.7 Å². The van der Waals surface area contributed by atoms with Gasteiger partial charge in [-0.1, -0.05) is 0 Å². The molecule has 9 nitrogen and oxygen atoms in total. The Kier molecular flexibility index (Phi) is 5.89. The van der Waals surface area contributed by atoms with E-state index in [1.165, 1.54) is 15.4 Å². The number of carbonyl (C=O) groups excluding carboxylic acids is 1. The van der Waals surface area contributed by atoms with Crippen molar-refractivity contribution in [3.63, 3.8) is 0 Å². The molecule has 0 aromatic carbocycles. The summed E-state index contributed by atoms with van der Waals surface area (Å²) in [5, 5.41) is 20.9. The fraction of sp³-hybridized carbons (Fsp3) is 0.588. The van der Waals surface area contributed by atoms with Crippen molar-refractivity contribution < 1.29 is 22.9 Å². The van der Waals surface area contributed by atoms with Gasteiger partial charge in [0.2, 0.25) is 5.91 Å². The van der Waals surface area contributed by atoms with E-state index in [-0.39, 0.29) is 37.2 Å². The number of aromatic nitrogens is 4. The van der Waals surface area contributed by atoms with Crippen LogP contribution >= 0.6 is 0 Å². The quantitative estimate of drug-likeness (QED) is 0.386. The van der Waals surface area contributed by atoms with E-state index < -0.39 is 16.8 Å². The zero-order chi connectivity index (χ0) is 21.2. The Morgan fingerprint density at radius 3 is 2.59 bits per heavy atom. The molecule has 0 radical (unpaired) electrons. The predicted molar refractivity (Wildman–Crippen MR) is 95.1 cm³/mol. The topological polar surface area (TPSA) is 108 Å². The molecule has 1 amide bonds. The van der Waals surface area contributed by atoms with Crippen molar-refractivity contribution in [1.29, 1.82) is 0 Å². The van der Waals surface area contributed by atoms with Crippen molar-refractivity contribution in [2.45, 2.75) is 57.8 Å². The minimum absolute atomic E-state index is 0.0903. The van der Waals surface area contributed by atoms with Crippen LogP contribution in [0.3, 0.4) is 0 Å². The van der Waals surface area contributed by atoms with E-state index in [1.54, 1.807) is 6.92 Å². The summed E-state index contributed by atoms with van der Waals surface area (Å²) in [5.74, 6) is -0.400. The molecule has 1 aliphatic carbocycles. The van der Waals surface area contributed by atoms with E-state index >= 15 is 0 Å². The van der Waals surface area contributed by atoms with Crippen LogP contribution in [0.5, 0.6) is 0 Å². The molecule has 12 heteroatoms. The predicted octanol–water partition coefficient (Wildman–Crippen LogP) is 2.79.